The topological polar surface area (TPSA) is 58.4 Å². The van der Waals surface area contributed by atoms with E-state index in [9.17, 15) is 4.79 Å². The summed E-state index contributed by atoms with van der Waals surface area (Å²) in [5.41, 5.74) is 0.374. The third-order valence-corrected chi connectivity index (χ3v) is 3.57. The Morgan fingerprint density at radius 2 is 2.28 bits per heavy atom. The maximum atomic E-state index is 11.8. The molecule has 1 N–H and O–H groups in total. The number of carbonyl (C=O) groups is 1. The Bertz CT molecular complexity index is 395. The van der Waals surface area contributed by atoms with Crippen LogP contribution in [0, 0.1) is 12.8 Å². The molecule has 0 aliphatic carbocycles. The molecule has 0 bridgehead atoms. The minimum absolute atomic E-state index is 0.134. The minimum Gasteiger partial charge on any atom is -0.361 e. The number of carbonyl (C=O) groups excluding carboxylic acids is 1. The molecule has 2 heterocycles. The number of nitrogens with zero attached hydrogens (tertiary/aromatic N) is 2. The first-order chi connectivity index (χ1) is 8.69. The van der Waals surface area contributed by atoms with Gasteiger partial charge in [0.2, 0.25) is 0 Å². The Balaban J connectivity index is 1.74. The summed E-state index contributed by atoms with van der Waals surface area (Å²) < 4.78 is 4.89. The smallest absolute Gasteiger partial charge is 0.273 e. The van der Waals surface area contributed by atoms with Gasteiger partial charge in [-0.2, -0.15) is 0 Å². The average Bonchev–Trinajstić information content (AvgIpc) is 2.83. The van der Waals surface area contributed by atoms with E-state index in [1.807, 2.05) is 0 Å². The predicted octanol–water partition coefficient (Wildman–Crippen LogP) is 1.44. The van der Waals surface area contributed by atoms with E-state index in [0.29, 0.717) is 17.4 Å². The fraction of sp³-hybridized carbons (Fsp3) is 0.692. The van der Waals surface area contributed by atoms with Crippen LogP contribution in [0.25, 0.3) is 0 Å². The van der Waals surface area contributed by atoms with Crippen LogP contribution >= 0.6 is 0 Å². The SMILES string of the molecule is CCN1CCC(CNC(=O)c2cc(C)on2)CC1. The lowest BCUT2D eigenvalue weighted by Crippen LogP contribution is -2.38. The number of piperidine rings is 1. The lowest BCUT2D eigenvalue weighted by Gasteiger charge is -2.30. The second-order valence-electron chi connectivity index (χ2n) is 4.91. The van der Waals surface area contributed by atoms with Crippen molar-refractivity contribution in [1.29, 1.82) is 0 Å². The standard InChI is InChI=1S/C13H21N3O2/c1-3-16-6-4-11(5-7-16)9-14-13(17)12-8-10(2)18-15-12/h8,11H,3-7,9H2,1-2H3,(H,14,17). The second-order valence-corrected chi connectivity index (χ2v) is 4.91. The molecular weight excluding hydrogens is 230 g/mol. The van der Waals surface area contributed by atoms with Gasteiger partial charge >= 0.3 is 0 Å². The largest absolute Gasteiger partial charge is 0.361 e. The third kappa shape index (κ3) is 3.32. The molecule has 0 unspecified atom stereocenters. The van der Waals surface area contributed by atoms with Gasteiger partial charge in [0.15, 0.2) is 5.69 Å². The van der Waals surface area contributed by atoms with Gasteiger partial charge in [0.1, 0.15) is 5.76 Å². The number of rotatable bonds is 4. The van der Waals surface area contributed by atoms with Crippen molar-refractivity contribution in [3.05, 3.63) is 17.5 Å². The number of hydrogen-bond acceptors (Lipinski definition) is 4. The first-order valence-corrected chi connectivity index (χ1v) is 6.63. The zero-order valence-corrected chi connectivity index (χ0v) is 11.1. The molecule has 1 aliphatic rings. The third-order valence-electron chi connectivity index (χ3n) is 3.57. The lowest BCUT2D eigenvalue weighted by atomic mass is 9.97. The summed E-state index contributed by atoms with van der Waals surface area (Å²) in [7, 11) is 0. The molecule has 0 aromatic carbocycles. The molecule has 100 valence electrons. The molecule has 1 aromatic heterocycles. The van der Waals surface area contributed by atoms with E-state index >= 15 is 0 Å². The number of nitrogens with one attached hydrogen (secondary N) is 1. The Morgan fingerprint density at radius 3 is 2.83 bits per heavy atom. The molecule has 1 aromatic rings. The highest BCUT2D eigenvalue weighted by atomic mass is 16.5. The quantitative estimate of drug-likeness (QED) is 0.880. The van der Waals surface area contributed by atoms with Crippen molar-refractivity contribution < 1.29 is 9.32 Å². The molecule has 5 heteroatoms. The van der Waals surface area contributed by atoms with Crippen molar-refractivity contribution in [3.8, 4) is 0 Å². The van der Waals surface area contributed by atoms with Crippen molar-refractivity contribution in [2.45, 2.75) is 26.7 Å². The number of hydrogen-bond donors (Lipinski definition) is 1. The number of aryl methyl sites for hydroxylation is 1. The fourth-order valence-corrected chi connectivity index (χ4v) is 2.31. The van der Waals surface area contributed by atoms with Crippen LogP contribution in [0.4, 0.5) is 0 Å². The van der Waals surface area contributed by atoms with Gasteiger partial charge in [-0.05, 0) is 45.3 Å². The van der Waals surface area contributed by atoms with Crippen LogP contribution in [0.3, 0.4) is 0 Å². The molecule has 2 rings (SSSR count). The van der Waals surface area contributed by atoms with Crippen molar-refractivity contribution in [2.75, 3.05) is 26.2 Å². The highest BCUT2D eigenvalue weighted by Crippen LogP contribution is 2.16. The maximum absolute atomic E-state index is 11.8. The average molecular weight is 251 g/mol. The molecule has 5 nitrogen and oxygen atoms in total. The lowest BCUT2D eigenvalue weighted by molar-refractivity contribution is 0.0928. The Morgan fingerprint density at radius 1 is 1.56 bits per heavy atom. The molecule has 1 aliphatic heterocycles. The van der Waals surface area contributed by atoms with Crippen LogP contribution < -0.4 is 5.32 Å². The highest BCUT2D eigenvalue weighted by Gasteiger charge is 2.19. The van der Waals surface area contributed by atoms with Gasteiger partial charge in [-0.3, -0.25) is 4.79 Å². The Kier molecular flexibility index (Phi) is 4.36. The van der Waals surface area contributed by atoms with Crippen LogP contribution in [0.1, 0.15) is 36.0 Å². The summed E-state index contributed by atoms with van der Waals surface area (Å²) in [5, 5.41) is 6.64. The van der Waals surface area contributed by atoms with Crippen LogP contribution in [-0.4, -0.2) is 42.1 Å². The first kappa shape index (κ1) is 13.1. The van der Waals surface area contributed by atoms with Crippen LogP contribution in [0.2, 0.25) is 0 Å². The summed E-state index contributed by atoms with van der Waals surface area (Å²) in [6.45, 7) is 8.11. The molecular formula is C13H21N3O2. The van der Waals surface area contributed by atoms with Gasteiger partial charge in [0.05, 0.1) is 0 Å². The van der Waals surface area contributed by atoms with Gasteiger partial charge in [0, 0.05) is 12.6 Å². The highest BCUT2D eigenvalue weighted by molar-refractivity contribution is 5.92. The molecule has 0 spiro atoms. The van der Waals surface area contributed by atoms with Gasteiger partial charge < -0.3 is 14.7 Å². The zero-order chi connectivity index (χ0) is 13.0. The molecule has 1 fully saturated rings. The maximum Gasteiger partial charge on any atom is 0.273 e. The van der Waals surface area contributed by atoms with Gasteiger partial charge in [-0.1, -0.05) is 12.1 Å². The van der Waals surface area contributed by atoms with Gasteiger partial charge in [-0.25, -0.2) is 0 Å². The number of amides is 1. The molecule has 1 saturated heterocycles. The van der Waals surface area contributed by atoms with E-state index in [1.165, 1.54) is 0 Å². The van der Waals surface area contributed by atoms with Crippen LogP contribution in [-0.2, 0) is 0 Å². The summed E-state index contributed by atoms with van der Waals surface area (Å²) in [6, 6.07) is 1.66. The molecule has 1 amide bonds. The zero-order valence-electron chi connectivity index (χ0n) is 11.1. The van der Waals surface area contributed by atoms with E-state index in [0.717, 1.165) is 39.0 Å². The Hall–Kier alpha value is -1.36. The Labute approximate surface area is 108 Å². The van der Waals surface area contributed by atoms with Gasteiger partial charge in [0.25, 0.3) is 5.91 Å². The second kappa shape index (κ2) is 6.00. The van der Waals surface area contributed by atoms with E-state index in [-0.39, 0.29) is 5.91 Å². The normalized spacial score (nSPS) is 17.9. The molecule has 0 atom stereocenters. The number of likely N-dealkylation sites (tertiary alicyclic amines) is 1. The van der Waals surface area contributed by atoms with Crippen molar-refractivity contribution in [2.24, 2.45) is 5.92 Å². The van der Waals surface area contributed by atoms with Crippen molar-refractivity contribution in [3.63, 3.8) is 0 Å². The summed E-state index contributed by atoms with van der Waals surface area (Å²) >= 11 is 0. The van der Waals surface area contributed by atoms with E-state index < -0.39 is 0 Å². The number of aromatic nitrogens is 1. The van der Waals surface area contributed by atoms with Crippen molar-refractivity contribution >= 4 is 5.91 Å². The molecule has 0 radical (unpaired) electrons. The molecule has 0 saturated carbocycles. The summed E-state index contributed by atoms with van der Waals surface area (Å²) in [4.78, 5) is 14.2. The van der Waals surface area contributed by atoms with Crippen LogP contribution in [0.5, 0.6) is 0 Å². The predicted molar refractivity (Wildman–Crippen MR) is 68.4 cm³/mol. The minimum atomic E-state index is -0.134. The van der Waals surface area contributed by atoms with Crippen molar-refractivity contribution in [1.82, 2.24) is 15.4 Å². The monoisotopic (exact) mass is 251 g/mol. The summed E-state index contributed by atoms with van der Waals surface area (Å²) in [5.74, 6) is 1.12. The van der Waals surface area contributed by atoms with E-state index in [1.54, 1.807) is 13.0 Å². The van der Waals surface area contributed by atoms with Gasteiger partial charge in [-0.15, -0.1) is 0 Å². The van der Waals surface area contributed by atoms with E-state index in [2.05, 4.69) is 22.3 Å². The van der Waals surface area contributed by atoms with Crippen LogP contribution in [0.15, 0.2) is 10.6 Å². The van der Waals surface area contributed by atoms with E-state index in [4.69, 9.17) is 4.52 Å². The summed E-state index contributed by atoms with van der Waals surface area (Å²) in [6.07, 6.45) is 2.32. The fourth-order valence-electron chi connectivity index (χ4n) is 2.31. The first-order valence-electron chi connectivity index (χ1n) is 6.63. The molecule has 18 heavy (non-hydrogen) atoms.